The van der Waals surface area contributed by atoms with Crippen LogP contribution in [0.4, 0.5) is 5.82 Å². The van der Waals surface area contributed by atoms with E-state index in [0.29, 0.717) is 12.2 Å². The van der Waals surface area contributed by atoms with Crippen molar-refractivity contribution < 1.29 is 14.3 Å². The fourth-order valence-corrected chi connectivity index (χ4v) is 4.14. The molecule has 0 saturated carbocycles. The molecule has 33 heavy (non-hydrogen) atoms. The van der Waals surface area contributed by atoms with Gasteiger partial charge in [-0.05, 0) is 37.5 Å². The molecule has 1 saturated heterocycles. The van der Waals surface area contributed by atoms with Gasteiger partial charge in [0.2, 0.25) is 11.8 Å². The number of rotatable bonds is 7. The maximum Gasteiger partial charge on any atom is 0.254 e. The first-order chi connectivity index (χ1) is 15.9. The number of methoxy groups -OCH3 is 1. The Balaban J connectivity index is 1.37. The van der Waals surface area contributed by atoms with E-state index in [1.165, 1.54) is 13.3 Å². The van der Waals surface area contributed by atoms with Gasteiger partial charge in [0.25, 0.3) is 5.78 Å². The molecule has 1 fully saturated rings. The molecule has 0 unspecified atom stereocenters. The summed E-state index contributed by atoms with van der Waals surface area (Å²) < 4.78 is 6.93. The normalized spacial score (nSPS) is 15.3. The SMILES string of the molecule is COc1ccc(C[C@H](NC(C)=O)C(=O)NC2CCN(c3cc(C)nc4ncnn34)CC2)cc1. The second-order valence-electron chi connectivity index (χ2n) is 8.30. The predicted molar refractivity (Wildman–Crippen MR) is 123 cm³/mol. The summed E-state index contributed by atoms with van der Waals surface area (Å²) in [6.07, 6.45) is 3.50. The number of amides is 2. The van der Waals surface area contributed by atoms with Gasteiger partial charge in [0, 0.05) is 44.2 Å². The molecular formula is C23H29N7O3. The van der Waals surface area contributed by atoms with Crippen molar-refractivity contribution in [3.63, 3.8) is 0 Å². The van der Waals surface area contributed by atoms with E-state index in [1.807, 2.05) is 37.3 Å². The van der Waals surface area contributed by atoms with E-state index in [1.54, 1.807) is 11.6 Å². The average Bonchev–Trinajstić information content (AvgIpc) is 3.27. The van der Waals surface area contributed by atoms with Gasteiger partial charge in [-0.1, -0.05) is 12.1 Å². The Morgan fingerprint density at radius 1 is 1.21 bits per heavy atom. The van der Waals surface area contributed by atoms with Crippen molar-refractivity contribution in [2.45, 2.75) is 45.2 Å². The molecule has 4 rings (SSSR count). The standard InChI is InChI=1S/C23H29N7O3/c1-15-12-21(30-23(26-15)24-14-25-30)29-10-8-18(9-11-29)28-22(32)20(27-16(2)31)13-17-4-6-19(33-3)7-5-17/h4-7,12,14,18,20H,8-11,13H2,1-3H3,(H,27,31)(H,28,32)/t20-/m0/s1. The Bertz CT molecular complexity index is 1120. The Morgan fingerprint density at radius 3 is 2.61 bits per heavy atom. The molecule has 0 aliphatic carbocycles. The van der Waals surface area contributed by atoms with E-state index < -0.39 is 6.04 Å². The van der Waals surface area contributed by atoms with Crippen LogP contribution in [0.5, 0.6) is 5.75 Å². The smallest absolute Gasteiger partial charge is 0.254 e. The van der Waals surface area contributed by atoms with Crippen LogP contribution in [-0.4, -0.2) is 63.7 Å². The summed E-state index contributed by atoms with van der Waals surface area (Å²) in [5.41, 5.74) is 1.84. The van der Waals surface area contributed by atoms with Gasteiger partial charge in [-0.25, -0.2) is 4.98 Å². The Hall–Kier alpha value is -3.69. The van der Waals surface area contributed by atoms with Gasteiger partial charge in [0.05, 0.1) is 7.11 Å². The van der Waals surface area contributed by atoms with E-state index in [2.05, 4.69) is 30.6 Å². The van der Waals surface area contributed by atoms with Crippen LogP contribution in [0.3, 0.4) is 0 Å². The Labute approximate surface area is 192 Å². The first-order valence-corrected chi connectivity index (χ1v) is 11.1. The largest absolute Gasteiger partial charge is 0.497 e. The van der Waals surface area contributed by atoms with Crippen LogP contribution in [0, 0.1) is 6.92 Å². The lowest BCUT2D eigenvalue weighted by atomic mass is 10.0. The molecule has 0 radical (unpaired) electrons. The molecule has 0 spiro atoms. The van der Waals surface area contributed by atoms with E-state index >= 15 is 0 Å². The third kappa shape index (κ3) is 5.39. The van der Waals surface area contributed by atoms with Crippen molar-refractivity contribution in [2.75, 3.05) is 25.1 Å². The highest BCUT2D eigenvalue weighted by Crippen LogP contribution is 2.21. The number of carbonyl (C=O) groups excluding carboxylic acids is 2. The minimum absolute atomic E-state index is 0.0371. The van der Waals surface area contributed by atoms with Crippen molar-refractivity contribution >= 4 is 23.4 Å². The van der Waals surface area contributed by atoms with Crippen molar-refractivity contribution in [1.82, 2.24) is 30.2 Å². The number of aromatic nitrogens is 4. The second kappa shape index (κ2) is 9.85. The van der Waals surface area contributed by atoms with Crippen molar-refractivity contribution in [1.29, 1.82) is 0 Å². The van der Waals surface area contributed by atoms with Gasteiger partial charge in [0.15, 0.2) is 0 Å². The number of piperidine rings is 1. The molecule has 174 valence electrons. The molecule has 1 aromatic carbocycles. The van der Waals surface area contributed by atoms with Crippen LogP contribution in [0.2, 0.25) is 0 Å². The predicted octanol–water partition coefficient (Wildman–Crippen LogP) is 1.27. The number of fused-ring (bicyclic) bond motifs is 1. The van der Waals surface area contributed by atoms with E-state index in [9.17, 15) is 9.59 Å². The third-order valence-corrected chi connectivity index (χ3v) is 5.82. The molecule has 3 heterocycles. The lowest BCUT2D eigenvalue weighted by Gasteiger charge is -2.34. The summed E-state index contributed by atoms with van der Waals surface area (Å²) >= 11 is 0. The molecule has 2 aromatic heterocycles. The topological polar surface area (TPSA) is 114 Å². The highest BCUT2D eigenvalue weighted by Gasteiger charge is 2.26. The number of hydrogen-bond donors (Lipinski definition) is 2. The molecule has 2 amide bonds. The van der Waals surface area contributed by atoms with E-state index in [4.69, 9.17) is 4.74 Å². The summed E-state index contributed by atoms with van der Waals surface area (Å²) in [4.78, 5) is 35.6. The van der Waals surface area contributed by atoms with Crippen molar-refractivity contribution in [3.8, 4) is 5.75 Å². The molecule has 1 aliphatic heterocycles. The molecule has 1 atom stereocenters. The monoisotopic (exact) mass is 451 g/mol. The average molecular weight is 452 g/mol. The molecule has 2 N–H and O–H groups in total. The lowest BCUT2D eigenvalue weighted by molar-refractivity contribution is -0.128. The zero-order chi connectivity index (χ0) is 23.4. The Kier molecular flexibility index (Phi) is 6.71. The van der Waals surface area contributed by atoms with Crippen LogP contribution in [0.15, 0.2) is 36.7 Å². The number of carbonyl (C=O) groups is 2. The van der Waals surface area contributed by atoms with Gasteiger partial charge in [0.1, 0.15) is 23.9 Å². The minimum Gasteiger partial charge on any atom is -0.497 e. The summed E-state index contributed by atoms with van der Waals surface area (Å²) in [6, 6.07) is 8.91. The fourth-order valence-electron chi connectivity index (χ4n) is 4.14. The maximum atomic E-state index is 13.0. The van der Waals surface area contributed by atoms with Gasteiger partial charge >= 0.3 is 0 Å². The fraction of sp³-hybridized carbons (Fsp3) is 0.435. The number of hydrogen-bond acceptors (Lipinski definition) is 7. The molecule has 0 bridgehead atoms. The van der Waals surface area contributed by atoms with Gasteiger partial charge in [-0.15, -0.1) is 0 Å². The van der Waals surface area contributed by atoms with Crippen molar-refractivity contribution in [2.24, 2.45) is 0 Å². The molecular weight excluding hydrogens is 422 g/mol. The highest BCUT2D eigenvalue weighted by atomic mass is 16.5. The molecule has 1 aliphatic rings. The maximum absolute atomic E-state index is 13.0. The molecule has 10 heteroatoms. The number of anilines is 1. The van der Waals surface area contributed by atoms with Crippen LogP contribution in [0.1, 0.15) is 31.0 Å². The zero-order valence-corrected chi connectivity index (χ0v) is 19.1. The minimum atomic E-state index is -0.633. The summed E-state index contributed by atoms with van der Waals surface area (Å²) in [7, 11) is 1.61. The van der Waals surface area contributed by atoms with Crippen LogP contribution in [0.25, 0.3) is 5.78 Å². The first-order valence-electron chi connectivity index (χ1n) is 11.1. The Morgan fingerprint density at radius 2 is 1.94 bits per heavy atom. The lowest BCUT2D eigenvalue weighted by Crippen LogP contribution is -2.52. The van der Waals surface area contributed by atoms with E-state index in [0.717, 1.165) is 48.8 Å². The number of ether oxygens (including phenoxy) is 1. The van der Waals surface area contributed by atoms with Crippen molar-refractivity contribution in [3.05, 3.63) is 47.9 Å². The number of aryl methyl sites for hydroxylation is 1. The second-order valence-corrected chi connectivity index (χ2v) is 8.30. The third-order valence-electron chi connectivity index (χ3n) is 5.82. The number of nitrogens with zero attached hydrogens (tertiary/aromatic N) is 5. The molecule has 10 nitrogen and oxygen atoms in total. The van der Waals surface area contributed by atoms with Gasteiger partial charge in [-0.2, -0.15) is 14.6 Å². The zero-order valence-electron chi connectivity index (χ0n) is 19.1. The summed E-state index contributed by atoms with van der Waals surface area (Å²) in [5, 5.41) is 10.2. The van der Waals surface area contributed by atoms with Gasteiger partial charge in [-0.3, -0.25) is 9.59 Å². The highest BCUT2D eigenvalue weighted by molar-refractivity contribution is 5.87. The number of benzene rings is 1. The van der Waals surface area contributed by atoms with E-state index in [-0.39, 0.29) is 17.9 Å². The van der Waals surface area contributed by atoms with Crippen LogP contribution in [-0.2, 0) is 16.0 Å². The quantitative estimate of drug-likeness (QED) is 0.556. The molecule has 3 aromatic rings. The van der Waals surface area contributed by atoms with Gasteiger partial charge < -0.3 is 20.3 Å². The summed E-state index contributed by atoms with van der Waals surface area (Å²) in [5.74, 6) is 1.88. The number of nitrogens with one attached hydrogen (secondary N) is 2. The van der Waals surface area contributed by atoms with Crippen LogP contribution >= 0.6 is 0 Å². The first kappa shape index (κ1) is 22.5. The summed E-state index contributed by atoms with van der Waals surface area (Å²) in [6.45, 7) is 4.91. The van der Waals surface area contributed by atoms with Crippen LogP contribution < -0.4 is 20.3 Å².